The van der Waals surface area contributed by atoms with Crippen molar-refractivity contribution in [2.45, 2.75) is 46.0 Å². The van der Waals surface area contributed by atoms with Crippen LogP contribution in [0.4, 0.5) is 0 Å². The molecule has 102 valence electrons. The van der Waals surface area contributed by atoms with Crippen LogP contribution in [0.25, 0.3) is 0 Å². The van der Waals surface area contributed by atoms with Crippen LogP contribution in [0.2, 0.25) is 0 Å². The summed E-state index contributed by atoms with van der Waals surface area (Å²) in [5, 5.41) is 2.97. The first-order chi connectivity index (χ1) is 8.24. The van der Waals surface area contributed by atoms with E-state index in [4.69, 9.17) is 5.73 Å². The first kappa shape index (κ1) is 16.4. The van der Waals surface area contributed by atoms with E-state index in [2.05, 4.69) is 24.1 Å². The Kier molecular flexibility index (Phi) is 11.4. The van der Waals surface area contributed by atoms with E-state index in [-0.39, 0.29) is 5.91 Å². The molecule has 0 rings (SSSR count). The highest BCUT2D eigenvalue weighted by Gasteiger charge is 2.04. The Morgan fingerprint density at radius 1 is 1.12 bits per heavy atom. The smallest absolute Gasteiger partial charge is 0.221 e. The SMILES string of the molecule is CCN(CC)CCC(=O)NCCCCCCN. The summed E-state index contributed by atoms with van der Waals surface area (Å²) in [6.45, 7) is 8.73. The number of carbonyl (C=O) groups excluding carboxylic acids is 1. The number of nitrogens with zero attached hydrogens (tertiary/aromatic N) is 1. The van der Waals surface area contributed by atoms with Crippen LogP contribution in [-0.2, 0) is 4.79 Å². The Morgan fingerprint density at radius 3 is 2.35 bits per heavy atom. The Hall–Kier alpha value is -0.610. The molecule has 0 aliphatic carbocycles. The molecule has 0 atom stereocenters. The second-order valence-corrected chi connectivity index (χ2v) is 4.33. The van der Waals surface area contributed by atoms with E-state index in [1.165, 1.54) is 6.42 Å². The molecule has 0 saturated carbocycles. The minimum absolute atomic E-state index is 0.177. The number of nitrogens with one attached hydrogen (secondary N) is 1. The summed E-state index contributed by atoms with van der Waals surface area (Å²) in [6, 6.07) is 0. The zero-order valence-corrected chi connectivity index (χ0v) is 11.5. The van der Waals surface area contributed by atoms with Gasteiger partial charge in [-0.25, -0.2) is 0 Å². The van der Waals surface area contributed by atoms with Crippen molar-refractivity contribution >= 4 is 5.91 Å². The minimum Gasteiger partial charge on any atom is -0.356 e. The molecule has 0 radical (unpaired) electrons. The topological polar surface area (TPSA) is 58.4 Å². The van der Waals surface area contributed by atoms with Crippen molar-refractivity contribution in [2.75, 3.05) is 32.7 Å². The Labute approximate surface area is 106 Å². The molecule has 3 N–H and O–H groups in total. The number of hydrogen-bond donors (Lipinski definition) is 2. The van der Waals surface area contributed by atoms with Gasteiger partial charge in [0, 0.05) is 19.5 Å². The monoisotopic (exact) mass is 243 g/mol. The van der Waals surface area contributed by atoms with Crippen molar-refractivity contribution in [3.05, 3.63) is 0 Å². The predicted octanol–water partition coefficient (Wildman–Crippen LogP) is 1.35. The largest absolute Gasteiger partial charge is 0.356 e. The molecule has 0 aliphatic heterocycles. The van der Waals surface area contributed by atoms with Crippen molar-refractivity contribution in [3.63, 3.8) is 0 Å². The zero-order valence-electron chi connectivity index (χ0n) is 11.5. The lowest BCUT2D eigenvalue weighted by Gasteiger charge is -2.17. The normalized spacial score (nSPS) is 10.8. The van der Waals surface area contributed by atoms with Crippen LogP contribution in [0.5, 0.6) is 0 Å². The van der Waals surface area contributed by atoms with Gasteiger partial charge < -0.3 is 16.0 Å². The van der Waals surface area contributed by atoms with Gasteiger partial charge >= 0.3 is 0 Å². The molecule has 0 fully saturated rings. The molecule has 0 aliphatic rings. The number of hydrogen-bond acceptors (Lipinski definition) is 3. The van der Waals surface area contributed by atoms with Crippen LogP contribution in [0, 0.1) is 0 Å². The molecule has 0 heterocycles. The quantitative estimate of drug-likeness (QED) is 0.539. The van der Waals surface area contributed by atoms with Crippen LogP contribution in [-0.4, -0.2) is 43.5 Å². The van der Waals surface area contributed by atoms with Gasteiger partial charge in [0.25, 0.3) is 0 Å². The van der Waals surface area contributed by atoms with Gasteiger partial charge in [-0.2, -0.15) is 0 Å². The fourth-order valence-electron chi connectivity index (χ4n) is 1.74. The average molecular weight is 243 g/mol. The molecule has 0 unspecified atom stereocenters. The van der Waals surface area contributed by atoms with Crippen molar-refractivity contribution in [3.8, 4) is 0 Å². The van der Waals surface area contributed by atoms with Gasteiger partial charge in [-0.05, 0) is 32.5 Å². The van der Waals surface area contributed by atoms with Crippen molar-refractivity contribution in [2.24, 2.45) is 5.73 Å². The van der Waals surface area contributed by atoms with Gasteiger partial charge in [0.1, 0.15) is 0 Å². The van der Waals surface area contributed by atoms with Gasteiger partial charge in [0.2, 0.25) is 5.91 Å². The standard InChI is InChI=1S/C13H29N3O/c1-3-16(4-2)12-9-13(17)15-11-8-6-5-7-10-14/h3-12,14H2,1-2H3,(H,15,17). The van der Waals surface area contributed by atoms with E-state index in [1.54, 1.807) is 0 Å². The first-order valence-electron chi connectivity index (χ1n) is 6.93. The highest BCUT2D eigenvalue weighted by Crippen LogP contribution is 1.97. The fraction of sp³-hybridized carbons (Fsp3) is 0.923. The van der Waals surface area contributed by atoms with Crippen LogP contribution >= 0.6 is 0 Å². The van der Waals surface area contributed by atoms with E-state index in [9.17, 15) is 4.79 Å². The molecule has 17 heavy (non-hydrogen) atoms. The molecule has 1 amide bonds. The van der Waals surface area contributed by atoms with Crippen LogP contribution in [0.15, 0.2) is 0 Å². The lowest BCUT2D eigenvalue weighted by atomic mass is 10.2. The summed E-state index contributed by atoms with van der Waals surface area (Å²) >= 11 is 0. The maximum atomic E-state index is 11.5. The maximum absolute atomic E-state index is 11.5. The van der Waals surface area contributed by atoms with Gasteiger partial charge in [-0.3, -0.25) is 4.79 Å². The highest BCUT2D eigenvalue weighted by atomic mass is 16.1. The lowest BCUT2D eigenvalue weighted by Crippen LogP contribution is -2.31. The number of rotatable bonds is 11. The minimum atomic E-state index is 0.177. The van der Waals surface area contributed by atoms with Crippen LogP contribution < -0.4 is 11.1 Å². The Bertz CT molecular complexity index is 182. The highest BCUT2D eigenvalue weighted by molar-refractivity contribution is 5.75. The second kappa shape index (κ2) is 11.9. The zero-order chi connectivity index (χ0) is 12.9. The molecule has 4 nitrogen and oxygen atoms in total. The van der Waals surface area contributed by atoms with E-state index in [0.717, 1.165) is 52.0 Å². The summed E-state index contributed by atoms with van der Waals surface area (Å²) in [5.74, 6) is 0.177. The van der Waals surface area contributed by atoms with Crippen LogP contribution in [0.1, 0.15) is 46.0 Å². The maximum Gasteiger partial charge on any atom is 0.221 e. The molecule has 0 saturated heterocycles. The van der Waals surface area contributed by atoms with Gasteiger partial charge in [0.05, 0.1) is 0 Å². The van der Waals surface area contributed by atoms with Gasteiger partial charge in [0.15, 0.2) is 0 Å². The third-order valence-electron chi connectivity index (χ3n) is 3.00. The van der Waals surface area contributed by atoms with Gasteiger partial charge in [-0.1, -0.05) is 26.7 Å². The first-order valence-corrected chi connectivity index (χ1v) is 6.93. The Morgan fingerprint density at radius 2 is 1.76 bits per heavy atom. The second-order valence-electron chi connectivity index (χ2n) is 4.33. The lowest BCUT2D eigenvalue weighted by molar-refractivity contribution is -0.121. The number of nitrogens with two attached hydrogens (primary N) is 1. The third-order valence-corrected chi connectivity index (χ3v) is 3.00. The molecule has 0 spiro atoms. The number of unbranched alkanes of at least 4 members (excludes halogenated alkanes) is 3. The molecule has 0 aromatic heterocycles. The van der Waals surface area contributed by atoms with E-state index in [0.29, 0.717) is 6.42 Å². The fourth-order valence-corrected chi connectivity index (χ4v) is 1.74. The molecular formula is C13H29N3O. The number of carbonyl (C=O) groups is 1. The van der Waals surface area contributed by atoms with E-state index >= 15 is 0 Å². The summed E-state index contributed by atoms with van der Waals surface area (Å²) in [4.78, 5) is 13.8. The summed E-state index contributed by atoms with van der Waals surface area (Å²) in [7, 11) is 0. The number of amides is 1. The van der Waals surface area contributed by atoms with E-state index in [1.807, 2.05) is 0 Å². The van der Waals surface area contributed by atoms with Crippen molar-refractivity contribution in [1.29, 1.82) is 0 Å². The summed E-state index contributed by atoms with van der Waals surface area (Å²) in [6.07, 6.45) is 5.11. The molecular weight excluding hydrogens is 214 g/mol. The molecule has 0 aromatic carbocycles. The van der Waals surface area contributed by atoms with E-state index < -0.39 is 0 Å². The Balaban J connectivity index is 3.34. The van der Waals surface area contributed by atoms with Crippen molar-refractivity contribution < 1.29 is 4.79 Å². The van der Waals surface area contributed by atoms with Crippen LogP contribution in [0.3, 0.4) is 0 Å². The molecule has 0 bridgehead atoms. The third kappa shape index (κ3) is 10.3. The predicted molar refractivity (Wildman–Crippen MR) is 72.9 cm³/mol. The summed E-state index contributed by atoms with van der Waals surface area (Å²) in [5.41, 5.74) is 5.41. The molecule has 4 heteroatoms. The van der Waals surface area contributed by atoms with Gasteiger partial charge in [-0.15, -0.1) is 0 Å². The van der Waals surface area contributed by atoms with Crippen molar-refractivity contribution in [1.82, 2.24) is 10.2 Å². The molecule has 0 aromatic rings. The summed E-state index contributed by atoms with van der Waals surface area (Å²) < 4.78 is 0. The average Bonchev–Trinajstić information content (AvgIpc) is 2.35.